The Kier molecular flexibility index (Phi) is 4.59. The minimum Gasteiger partial charge on any atom is -0.478 e. The van der Waals surface area contributed by atoms with Crippen molar-refractivity contribution in [2.45, 2.75) is 39.0 Å². The maximum Gasteiger partial charge on any atom is 0.424 e. The number of aliphatic carboxylic acids is 1. The molecule has 0 fully saturated rings. The summed E-state index contributed by atoms with van der Waals surface area (Å²) in [4.78, 5) is 22.0. The Morgan fingerprint density at radius 2 is 1.95 bits per heavy atom. The number of halogens is 3. The zero-order valence-electron chi connectivity index (χ0n) is 12.2. The maximum absolute atomic E-state index is 12.7. The molecule has 0 unspecified atom stereocenters. The van der Waals surface area contributed by atoms with Crippen LogP contribution in [0.4, 0.5) is 13.2 Å². The average molecular weight is 316 g/mol. The van der Waals surface area contributed by atoms with E-state index in [1.807, 2.05) is 0 Å². The summed E-state index contributed by atoms with van der Waals surface area (Å²) in [5.41, 5.74) is -4.51. The lowest BCUT2D eigenvalue weighted by atomic mass is 9.65. The summed E-state index contributed by atoms with van der Waals surface area (Å²) >= 11 is 0. The van der Waals surface area contributed by atoms with Gasteiger partial charge in [0.25, 0.3) is 0 Å². The molecule has 1 rings (SSSR count). The van der Waals surface area contributed by atoms with Gasteiger partial charge < -0.3 is 10.2 Å². The molecule has 22 heavy (non-hydrogen) atoms. The van der Waals surface area contributed by atoms with Crippen LogP contribution < -0.4 is 0 Å². The molecule has 0 bridgehead atoms. The van der Waals surface area contributed by atoms with Crippen molar-refractivity contribution >= 4 is 11.8 Å². The number of hydrogen-bond acceptors (Lipinski definition) is 3. The smallest absolute Gasteiger partial charge is 0.424 e. The highest BCUT2D eigenvalue weighted by molar-refractivity contribution is 5.93. The molecule has 0 saturated carbocycles. The Bertz CT molecular complexity index is 629. The fourth-order valence-corrected chi connectivity index (χ4v) is 2.23. The lowest BCUT2D eigenvalue weighted by molar-refractivity contribution is -0.132. The molecule has 1 atom stereocenters. The molecule has 1 aliphatic carbocycles. The van der Waals surface area contributed by atoms with Crippen molar-refractivity contribution in [2.24, 2.45) is 5.41 Å². The molecule has 0 heterocycles. The Morgan fingerprint density at radius 3 is 2.36 bits per heavy atom. The predicted molar refractivity (Wildman–Crippen MR) is 71.7 cm³/mol. The van der Waals surface area contributed by atoms with Crippen LogP contribution in [0.1, 0.15) is 27.2 Å². The molecule has 4 nitrogen and oxygen atoms in total. The van der Waals surface area contributed by atoms with E-state index in [4.69, 9.17) is 5.11 Å². The van der Waals surface area contributed by atoms with Crippen molar-refractivity contribution in [2.75, 3.05) is 0 Å². The van der Waals surface area contributed by atoms with E-state index in [1.165, 1.54) is 20.8 Å². The molecular weight excluding hydrogens is 301 g/mol. The van der Waals surface area contributed by atoms with E-state index in [0.717, 1.165) is 6.08 Å². The van der Waals surface area contributed by atoms with E-state index in [-0.39, 0.29) is 23.9 Å². The fourth-order valence-electron chi connectivity index (χ4n) is 2.23. The second kappa shape index (κ2) is 5.61. The molecule has 2 N–H and O–H groups in total. The summed E-state index contributed by atoms with van der Waals surface area (Å²) in [6.45, 7) is 4.40. The van der Waals surface area contributed by atoms with Crippen LogP contribution >= 0.6 is 0 Å². The molecular formula is C15H15F3O4. The zero-order valence-corrected chi connectivity index (χ0v) is 12.2. The summed E-state index contributed by atoms with van der Waals surface area (Å²) in [6, 6.07) is 0. The number of alkyl halides is 3. The number of ketones is 1. The molecule has 0 saturated heterocycles. The van der Waals surface area contributed by atoms with Crippen molar-refractivity contribution in [3.05, 3.63) is 23.3 Å². The molecule has 0 aromatic rings. The van der Waals surface area contributed by atoms with Gasteiger partial charge in [-0.25, -0.2) is 4.79 Å². The highest BCUT2D eigenvalue weighted by atomic mass is 19.4. The van der Waals surface area contributed by atoms with Crippen LogP contribution in [0, 0.1) is 17.3 Å². The molecule has 0 radical (unpaired) electrons. The van der Waals surface area contributed by atoms with E-state index in [2.05, 4.69) is 5.92 Å². The van der Waals surface area contributed by atoms with E-state index in [1.54, 1.807) is 5.92 Å². The number of carboxylic acid groups (broad SMARTS) is 1. The maximum atomic E-state index is 12.7. The van der Waals surface area contributed by atoms with Gasteiger partial charge in [0.2, 0.25) is 0 Å². The summed E-state index contributed by atoms with van der Waals surface area (Å²) < 4.78 is 38.2. The van der Waals surface area contributed by atoms with Gasteiger partial charge in [0.1, 0.15) is 5.57 Å². The SMILES string of the molecule is CC1=CC(=O)CC(C)(C)[C@@]1(O)C#C/C(=C\C(=O)O)C(F)(F)F. The third-order valence-electron chi connectivity index (χ3n) is 3.50. The van der Waals surface area contributed by atoms with Crippen LogP contribution in [-0.4, -0.2) is 33.7 Å². The van der Waals surface area contributed by atoms with Crippen LogP contribution in [0.15, 0.2) is 23.3 Å². The number of hydrogen-bond donors (Lipinski definition) is 2. The summed E-state index contributed by atoms with van der Waals surface area (Å²) in [5.74, 6) is 1.76. The Morgan fingerprint density at radius 1 is 1.41 bits per heavy atom. The first kappa shape index (κ1) is 18.0. The second-order valence-corrected chi connectivity index (χ2v) is 5.71. The quantitative estimate of drug-likeness (QED) is 0.575. The number of carbonyl (C=O) groups is 2. The first-order valence-electron chi connectivity index (χ1n) is 6.28. The number of allylic oxidation sites excluding steroid dienone is 2. The van der Waals surface area contributed by atoms with Gasteiger partial charge in [-0.05, 0) is 18.6 Å². The number of rotatable bonds is 1. The number of carbonyl (C=O) groups excluding carboxylic acids is 1. The fraction of sp³-hybridized carbons (Fsp3) is 0.467. The predicted octanol–water partition coefficient (Wildman–Crippen LogP) is 2.24. The van der Waals surface area contributed by atoms with Gasteiger partial charge in [-0.1, -0.05) is 25.7 Å². The second-order valence-electron chi connectivity index (χ2n) is 5.71. The third-order valence-corrected chi connectivity index (χ3v) is 3.50. The summed E-state index contributed by atoms with van der Waals surface area (Å²) in [7, 11) is 0. The van der Waals surface area contributed by atoms with Crippen molar-refractivity contribution in [1.29, 1.82) is 0 Å². The minimum absolute atomic E-state index is 0.0591. The molecule has 0 amide bonds. The Hall–Kier alpha value is -2.07. The number of aliphatic hydroxyl groups is 1. The van der Waals surface area contributed by atoms with Gasteiger partial charge in [-0.3, -0.25) is 4.79 Å². The topological polar surface area (TPSA) is 74.6 Å². The normalized spacial score (nSPS) is 25.1. The van der Waals surface area contributed by atoms with Crippen LogP contribution in [0.25, 0.3) is 0 Å². The lowest BCUT2D eigenvalue weighted by Crippen LogP contribution is -2.48. The van der Waals surface area contributed by atoms with E-state index < -0.39 is 28.7 Å². The highest BCUT2D eigenvalue weighted by Gasteiger charge is 2.48. The molecule has 0 aromatic heterocycles. The van der Waals surface area contributed by atoms with Gasteiger partial charge in [-0.15, -0.1) is 0 Å². The standard InChI is InChI=1S/C15H15F3O4/c1-9-6-11(19)8-13(2,3)14(9,22)5-4-10(7-12(20)21)15(16,17)18/h6-7,22H,8H2,1-3H3,(H,20,21)/b10-7+/t14-/m1/s1. The van der Waals surface area contributed by atoms with Gasteiger partial charge in [0.05, 0.1) is 0 Å². The van der Waals surface area contributed by atoms with Gasteiger partial charge in [-0.2, -0.15) is 13.2 Å². The van der Waals surface area contributed by atoms with Gasteiger partial charge >= 0.3 is 12.1 Å². The lowest BCUT2D eigenvalue weighted by Gasteiger charge is -2.42. The van der Waals surface area contributed by atoms with E-state index in [9.17, 15) is 27.9 Å². The Balaban J connectivity index is 3.41. The molecule has 120 valence electrons. The van der Waals surface area contributed by atoms with Crippen molar-refractivity contribution in [3.8, 4) is 11.8 Å². The molecule has 0 aliphatic heterocycles. The minimum atomic E-state index is -4.95. The van der Waals surface area contributed by atoms with Crippen LogP contribution in [0.2, 0.25) is 0 Å². The molecule has 7 heteroatoms. The van der Waals surface area contributed by atoms with E-state index in [0.29, 0.717) is 0 Å². The number of carboxylic acids is 1. The first-order chi connectivity index (χ1) is 9.79. The average Bonchev–Trinajstić information content (AvgIpc) is 2.29. The van der Waals surface area contributed by atoms with Crippen molar-refractivity contribution in [3.63, 3.8) is 0 Å². The Labute approximate surface area is 125 Å². The largest absolute Gasteiger partial charge is 0.478 e. The van der Waals surface area contributed by atoms with Gasteiger partial charge in [0.15, 0.2) is 11.4 Å². The summed E-state index contributed by atoms with van der Waals surface area (Å²) in [5, 5.41) is 19.1. The molecule has 0 aromatic carbocycles. The van der Waals surface area contributed by atoms with Crippen LogP contribution in [-0.2, 0) is 9.59 Å². The zero-order chi connectivity index (χ0) is 17.3. The summed E-state index contributed by atoms with van der Waals surface area (Å²) in [6.07, 6.45) is -3.96. The monoisotopic (exact) mass is 316 g/mol. The third kappa shape index (κ3) is 3.57. The van der Waals surface area contributed by atoms with Crippen molar-refractivity contribution < 1.29 is 33.0 Å². The molecule has 0 spiro atoms. The highest BCUT2D eigenvalue weighted by Crippen LogP contribution is 2.43. The van der Waals surface area contributed by atoms with Gasteiger partial charge in [0, 0.05) is 17.9 Å². The first-order valence-corrected chi connectivity index (χ1v) is 6.28. The van der Waals surface area contributed by atoms with Crippen LogP contribution in [0.5, 0.6) is 0 Å². The molecule has 1 aliphatic rings. The van der Waals surface area contributed by atoms with Crippen molar-refractivity contribution in [1.82, 2.24) is 0 Å². The van der Waals surface area contributed by atoms with Crippen LogP contribution in [0.3, 0.4) is 0 Å². The van der Waals surface area contributed by atoms with E-state index >= 15 is 0 Å².